The van der Waals surface area contributed by atoms with Gasteiger partial charge < -0.3 is 4.57 Å². The molecule has 1 aromatic carbocycles. The maximum Gasteiger partial charge on any atom is 0.124 e. The minimum absolute atomic E-state index is 0.393. The van der Waals surface area contributed by atoms with E-state index in [4.69, 9.17) is 11.6 Å². The highest BCUT2D eigenvalue weighted by molar-refractivity contribution is 9.10. The first-order chi connectivity index (χ1) is 9.28. The van der Waals surface area contributed by atoms with Crippen molar-refractivity contribution >= 4 is 38.6 Å². The topological polar surface area (TPSA) is 48.5 Å². The fraction of sp³-hybridized carbons (Fsp3) is 0.250. The predicted molar refractivity (Wildman–Crippen MR) is 77.0 cm³/mol. The summed E-state index contributed by atoms with van der Waals surface area (Å²) < 4.78 is 4.93. The zero-order valence-electron chi connectivity index (χ0n) is 10.0. The molecule has 2 heterocycles. The van der Waals surface area contributed by atoms with Crippen LogP contribution in [0.5, 0.6) is 0 Å². The molecule has 98 valence electrons. The summed E-state index contributed by atoms with van der Waals surface area (Å²) in [7, 11) is 0. The summed E-state index contributed by atoms with van der Waals surface area (Å²) in [4.78, 5) is 4.55. The highest BCUT2D eigenvalue weighted by Crippen LogP contribution is 2.21. The molecule has 3 aromatic rings. The Hall–Kier alpha value is -1.40. The van der Waals surface area contributed by atoms with Crippen LogP contribution in [0.3, 0.4) is 0 Å². The van der Waals surface area contributed by atoms with Gasteiger partial charge in [0.15, 0.2) is 0 Å². The van der Waals surface area contributed by atoms with Crippen molar-refractivity contribution in [1.29, 1.82) is 0 Å². The summed E-state index contributed by atoms with van der Waals surface area (Å²) in [5.74, 6) is 1.26. The largest absolute Gasteiger partial charge is 0.325 e. The van der Waals surface area contributed by atoms with E-state index in [1.165, 1.54) is 0 Å². The Morgan fingerprint density at radius 1 is 1.26 bits per heavy atom. The van der Waals surface area contributed by atoms with E-state index < -0.39 is 0 Å². The highest BCUT2D eigenvalue weighted by atomic mass is 79.9. The van der Waals surface area contributed by atoms with E-state index in [1.807, 2.05) is 24.4 Å². The Bertz CT molecular complexity index is 692. The maximum absolute atomic E-state index is 5.97. The number of benzene rings is 1. The lowest BCUT2D eigenvalue weighted by molar-refractivity contribution is 0.519. The van der Waals surface area contributed by atoms with Gasteiger partial charge in [0.05, 0.1) is 29.7 Å². The van der Waals surface area contributed by atoms with E-state index in [0.29, 0.717) is 5.88 Å². The molecule has 0 aliphatic rings. The number of nitrogens with zero attached hydrogens (tertiary/aromatic N) is 5. The van der Waals surface area contributed by atoms with Crippen LogP contribution in [-0.2, 0) is 19.0 Å². The van der Waals surface area contributed by atoms with Gasteiger partial charge in [-0.25, -0.2) is 4.98 Å². The van der Waals surface area contributed by atoms with Crippen LogP contribution in [0.1, 0.15) is 5.82 Å². The van der Waals surface area contributed by atoms with Crippen molar-refractivity contribution in [2.75, 3.05) is 0 Å². The highest BCUT2D eigenvalue weighted by Gasteiger charge is 2.10. The van der Waals surface area contributed by atoms with Gasteiger partial charge >= 0.3 is 0 Å². The second kappa shape index (κ2) is 5.30. The van der Waals surface area contributed by atoms with Crippen LogP contribution >= 0.6 is 27.5 Å². The standard InChI is InChI=1S/C12H11BrClN5/c13-9-1-2-11-10(7-9)16-12(8-14)19(11)6-5-18-4-3-15-17-18/h1-4,7H,5-6,8H2. The van der Waals surface area contributed by atoms with Crippen molar-refractivity contribution in [3.05, 3.63) is 40.9 Å². The summed E-state index contributed by atoms with van der Waals surface area (Å²) in [5, 5.41) is 7.75. The number of halogens is 2. The smallest absolute Gasteiger partial charge is 0.124 e. The SMILES string of the molecule is ClCc1nc2cc(Br)ccc2n1CCn1ccnn1. The van der Waals surface area contributed by atoms with Crippen molar-refractivity contribution in [2.45, 2.75) is 19.0 Å². The number of rotatable bonds is 4. The molecule has 0 aliphatic carbocycles. The fourth-order valence-electron chi connectivity index (χ4n) is 2.06. The molecule has 0 saturated heterocycles. The lowest BCUT2D eigenvalue weighted by Gasteiger charge is -2.07. The van der Waals surface area contributed by atoms with Gasteiger partial charge in [-0.2, -0.15) is 0 Å². The first-order valence-corrected chi connectivity index (χ1v) is 7.15. The van der Waals surface area contributed by atoms with Crippen molar-refractivity contribution in [2.24, 2.45) is 0 Å². The monoisotopic (exact) mass is 339 g/mol. The fourth-order valence-corrected chi connectivity index (χ4v) is 2.61. The van der Waals surface area contributed by atoms with Crippen LogP contribution in [0.4, 0.5) is 0 Å². The number of hydrogen-bond acceptors (Lipinski definition) is 3. The third-order valence-corrected chi connectivity index (χ3v) is 3.67. The zero-order valence-corrected chi connectivity index (χ0v) is 12.3. The van der Waals surface area contributed by atoms with E-state index in [2.05, 4.69) is 35.8 Å². The Balaban J connectivity index is 1.96. The number of aryl methyl sites for hydroxylation is 2. The second-order valence-corrected chi connectivity index (χ2v) is 5.30. The van der Waals surface area contributed by atoms with Gasteiger partial charge in [0.1, 0.15) is 5.82 Å². The van der Waals surface area contributed by atoms with Crippen LogP contribution in [-0.4, -0.2) is 24.5 Å². The van der Waals surface area contributed by atoms with E-state index in [-0.39, 0.29) is 0 Å². The first-order valence-electron chi connectivity index (χ1n) is 5.82. The normalized spacial score (nSPS) is 11.3. The predicted octanol–water partition coefficient (Wildman–Crippen LogP) is 2.83. The van der Waals surface area contributed by atoms with E-state index in [9.17, 15) is 0 Å². The molecule has 0 spiro atoms. The van der Waals surface area contributed by atoms with Gasteiger partial charge in [-0.05, 0) is 18.2 Å². The van der Waals surface area contributed by atoms with Crippen molar-refractivity contribution in [1.82, 2.24) is 24.5 Å². The number of fused-ring (bicyclic) bond motifs is 1. The molecule has 0 unspecified atom stereocenters. The zero-order chi connectivity index (χ0) is 13.2. The van der Waals surface area contributed by atoms with Gasteiger partial charge in [0.25, 0.3) is 0 Å². The van der Waals surface area contributed by atoms with E-state index in [1.54, 1.807) is 10.9 Å². The number of aromatic nitrogens is 5. The average Bonchev–Trinajstić information content (AvgIpc) is 3.02. The number of alkyl halides is 1. The van der Waals surface area contributed by atoms with Crippen LogP contribution in [0.2, 0.25) is 0 Å². The maximum atomic E-state index is 5.97. The van der Waals surface area contributed by atoms with Gasteiger partial charge in [-0.3, -0.25) is 4.68 Å². The molecule has 0 saturated carbocycles. The molecule has 0 aliphatic heterocycles. The third kappa shape index (κ3) is 2.50. The molecule has 5 nitrogen and oxygen atoms in total. The lowest BCUT2D eigenvalue weighted by Crippen LogP contribution is -2.10. The summed E-state index contributed by atoms with van der Waals surface area (Å²) in [6.07, 6.45) is 3.52. The van der Waals surface area contributed by atoms with Gasteiger partial charge in [-0.15, -0.1) is 16.7 Å². The first kappa shape index (κ1) is 12.6. The number of imidazole rings is 1. The molecule has 0 amide bonds. The minimum atomic E-state index is 0.393. The average molecular weight is 341 g/mol. The van der Waals surface area contributed by atoms with E-state index >= 15 is 0 Å². The Labute approximate surface area is 123 Å². The lowest BCUT2D eigenvalue weighted by atomic mass is 10.3. The van der Waals surface area contributed by atoms with Gasteiger partial charge in [0, 0.05) is 17.2 Å². The Morgan fingerprint density at radius 3 is 2.89 bits per heavy atom. The van der Waals surface area contributed by atoms with Crippen LogP contribution in [0.15, 0.2) is 35.1 Å². The molecule has 0 bridgehead atoms. The van der Waals surface area contributed by atoms with E-state index in [0.717, 1.165) is 34.4 Å². The van der Waals surface area contributed by atoms with Crippen LogP contribution < -0.4 is 0 Å². The van der Waals surface area contributed by atoms with Crippen LogP contribution in [0, 0.1) is 0 Å². The summed E-state index contributed by atoms with van der Waals surface area (Å²) in [5.41, 5.74) is 2.03. The Kier molecular flexibility index (Phi) is 3.52. The summed E-state index contributed by atoms with van der Waals surface area (Å²) in [6, 6.07) is 6.05. The molecule has 0 N–H and O–H groups in total. The molecular formula is C12H11BrClN5. The van der Waals surface area contributed by atoms with Crippen molar-refractivity contribution in [3.63, 3.8) is 0 Å². The van der Waals surface area contributed by atoms with Gasteiger partial charge in [0.2, 0.25) is 0 Å². The summed E-state index contributed by atoms with van der Waals surface area (Å²) >= 11 is 9.43. The quantitative estimate of drug-likeness (QED) is 0.686. The summed E-state index contributed by atoms with van der Waals surface area (Å²) in [6.45, 7) is 1.51. The number of hydrogen-bond donors (Lipinski definition) is 0. The Morgan fingerprint density at radius 2 is 2.16 bits per heavy atom. The molecule has 19 heavy (non-hydrogen) atoms. The molecule has 3 rings (SSSR count). The van der Waals surface area contributed by atoms with Crippen molar-refractivity contribution in [3.8, 4) is 0 Å². The molecule has 0 fully saturated rings. The minimum Gasteiger partial charge on any atom is -0.325 e. The molecule has 0 atom stereocenters. The second-order valence-electron chi connectivity index (χ2n) is 4.11. The van der Waals surface area contributed by atoms with Gasteiger partial charge in [-0.1, -0.05) is 21.1 Å². The molecular weight excluding hydrogens is 330 g/mol. The molecule has 2 aromatic heterocycles. The molecule has 7 heteroatoms. The molecule has 0 radical (unpaired) electrons. The van der Waals surface area contributed by atoms with Crippen LogP contribution in [0.25, 0.3) is 11.0 Å². The third-order valence-electron chi connectivity index (χ3n) is 2.93. The van der Waals surface area contributed by atoms with Crippen molar-refractivity contribution < 1.29 is 0 Å².